The molecule has 86 valence electrons. The number of aromatic amines is 1. The van der Waals surface area contributed by atoms with Gasteiger partial charge in [0.15, 0.2) is 0 Å². The average Bonchev–Trinajstić information content (AvgIpc) is 2.96. The molecule has 2 rings (SSSR count). The van der Waals surface area contributed by atoms with Gasteiger partial charge in [0, 0.05) is 6.20 Å². The fraction of sp³-hybridized carbons (Fsp3) is 0.0909. The van der Waals surface area contributed by atoms with Gasteiger partial charge in [0.25, 0.3) is 5.91 Å². The molecular formula is C11H10N4OS. The Bertz CT molecular complexity index is 562. The van der Waals surface area contributed by atoms with E-state index in [0.29, 0.717) is 17.1 Å². The van der Waals surface area contributed by atoms with Crippen molar-refractivity contribution in [3.05, 3.63) is 34.3 Å². The fourth-order valence-corrected chi connectivity index (χ4v) is 1.95. The van der Waals surface area contributed by atoms with Crippen LogP contribution in [0.1, 0.15) is 14.5 Å². The Morgan fingerprint density at radius 2 is 2.47 bits per heavy atom. The van der Waals surface area contributed by atoms with Crippen molar-refractivity contribution in [2.24, 2.45) is 5.73 Å². The van der Waals surface area contributed by atoms with E-state index in [-0.39, 0.29) is 5.91 Å². The van der Waals surface area contributed by atoms with Crippen molar-refractivity contribution in [1.29, 1.82) is 0 Å². The van der Waals surface area contributed by atoms with Crippen molar-refractivity contribution in [3.8, 4) is 11.8 Å². The fourth-order valence-electron chi connectivity index (χ4n) is 1.18. The summed E-state index contributed by atoms with van der Waals surface area (Å²) in [7, 11) is 0. The summed E-state index contributed by atoms with van der Waals surface area (Å²) in [6.45, 7) is 0.314. The second-order valence-corrected chi connectivity index (χ2v) is 4.19. The first-order valence-corrected chi connectivity index (χ1v) is 5.70. The highest BCUT2D eigenvalue weighted by Gasteiger charge is 2.09. The molecule has 2 aromatic heterocycles. The number of aromatic nitrogens is 2. The molecule has 0 aromatic carbocycles. The highest BCUT2D eigenvalue weighted by Crippen LogP contribution is 2.16. The highest BCUT2D eigenvalue weighted by atomic mass is 32.1. The largest absolute Gasteiger partial charge is 0.320 e. The minimum absolute atomic E-state index is 0.169. The summed E-state index contributed by atoms with van der Waals surface area (Å²) in [4.78, 5) is 13.2. The average molecular weight is 246 g/mol. The van der Waals surface area contributed by atoms with E-state index in [2.05, 4.69) is 27.4 Å². The number of nitrogens with one attached hydrogen (secondary N) is 2. The summed E-state index contributed by atoms with van der Waals surface area (Å²) < 4.78 is 0. The number of hydrogen-bond acceptors (Lipinski definition) is 4. The molecule has 4 N–H and O–H groups in total. The SMILES string of the molecule is NCC#Cc1ccc(C(=O)Nc2cn[nH]c2)s1. The van der Waals surface area contributed by atoms with E-state index < -0.39 is 0 Å². The third kappa shape index (κ3) is 2.93. The van der Waals surface area contributed by atoms with Crippen LogP contribution >= 0.6 is 11.3 Å². The Morgan fingerprint density at radius 3 is 3.18 bits per heavy atom. The molecule has 1 amide bonds. The molecule has 0 fully saturated rings. The van der Waals surface area contributed by atoms with E-state index in [1.54, 1.807) is 24.5 Å². The van der Waals surface area contributed by atoms with E-state index >= 15 is 0 Å². The first-order valence-electron chi connectivity index (χ1n) is 4.88. The molecular weight excluding hydrogens is 236 g/mol. The molecule has 0 unspecified atom stereocenters. The molecule has 0 atom stereocenters. The zero-order valence-electron chi connectivity index (χ0n) is 8.86. The Kier molecular flexibility index (Phi) is 3.55. The second-order valence-electron chi connectivity index (χ2n) is 3.11. The molecule has 2 aromatic rings. The van der Waals surface area contributed by atoms with Crippen LogP contribution < -0.4 is 11.1 Å². The molecule has 0 saturated heterocycles. The lowest BCUT2D eigenvalue weighted by Gasteiger charge is -1.97. The lowest BCUT2D eigenvalue weighted by atomic mass is 10.4. The van der Waals surface area contributed by atoms with Crippen molar-refractivity contribution in [2.45, 2.75) is 0 Å². The van der Waals surface area contributed by atoms with E-state index in [1.165, 1.54) is 11.3 Å². The summed E-state index contributed by atoms with van der Waals surface area (Å²) in [5, 5.41) is 9.08. The van der Waals surface area contributed by atoms with Gasteiger partial charge in [-0.15, -0.1) is 11.3 Å². The van der Waals surface area contributed by atoms with Gasteiger partial charge in [0.05, 0.1) is 28.2 Å². The van der Waals surface area contributed by atoms with Crippen LogP contribution in [0.5, 0.6) is 0 Å². The Morgan fingerprint density at radius 1 is 1.59 bits per heavy atom. The standard InChI is InChI=1S/C11H10N4OS/c12-5-1-2-9-3-4-10(17-9)11(16)15-8-6-13-14-7-8/h3-4,6-7H,5,12H2,(H,13,14)(H,15,16). The van der Waals surface area contributed by atoms with E-state index in [1.807, 2.05) is 0 Å². The maximum atomic E-state index is 11.8. The molecule has 17 heavy (non-hydrogen) atoms. The molecule has 0 bridgehead atoms. The lowest BCUT2D eigenvalue weighted by molar-refractivity contribution is 0.103. The molecule has 0 aliphatic rings. The van der Waals surface area contributed by atoms with E-state index in [9.17, 15) is 4.79 Å². The van der Waals surface area contributed by atoms with E-state index in [4.69, 9.17) is 5.73 Å². The van der Waals surface area contributed by atoms with Gasteiger partial charge in [-0.2, -0.15) is 5.10 Å². The van der Waals surface area contributed by atoms with Crippen molar-refractivity contribution < 1.29 is 4.79 Å². The minimum Gasteiger partial charge on any atom is -0.320 e. The smallest absolute Gasteiger partial charge is 0.265 e. The van der Waals surface area contributed by atoms with Crippen LogP contribution in [0.2, 0.25) is 0 Å². The lowest BCUT2D eigenvalue weighted by Crippen LogP contribution is -2.09. The van der Waals surface area contributed by atoms with Crippen LogP contribution in [-0.2, 0) is 0 Å². The van der Waals surface area contributed by atoms with Crippen molar-refractivity contribution in [3.63, 3.8) is 0 Å². The molecule has 0 aliphatic carbocycles. The first-order chi connectivity index (χ1) is 8.29. The summed E-state index contributed by atoms with van der Waals surface area (Å²) in [6, 6.07) is 3.54. The first kappa shape index (κ1) is 11.4. The minimum atomic E-state index is -0.169. The highest BCUT2D eigenvalue weighted by molar-refractivity contribution is 7.14. The molecule has 2 heterocycles. The van der Waals surface area contributed by atoms with Crippen LogP contribution in [-0.4, -0.2) is 22.6 Å². The van der Waals surface area contributed by atoms with Crippen LogP contribution in [0.3, 0.4) is 0 Å². The molecule has 0 spiro atoms. The van der Waals surface area contributed by atoms with Gasteiger partial charge in [-0.3, -0.25) is 9.89 Å². The van der Waals surface area contributed by atoms with Crippen LogP contribution in [0, 0.1) is 11.8 Å². The summed E-state index contributed by atoms with van der Waals surface area (Å²) in [5.41, 5.74) is 5.91. The van der Waals surface area contributed by atoms with Crippen LogP contribution in [0.15, 0.2) is 24.5 Å². The number of rotatable bonds is 2. The molecule has 0 aliphatic heterocycles. The molecule has 0 saturated carbocycles. The quantitative estimate of drug-likeness (QED) is 0.692. The Labute approximate surface area is 102 Å². The number of amides is 1. The molecule has 6 heteroatoms. The number of thiophene rings is 1. The molecule has 0 radical (unpaired) electrons. The number of nitrogens with zero attached hydrogens (tertiary/aromatic N) is 1. The van der Waals surface area contributed by atoms with E-state index in [0.717, 1.165) is 4.88 Å². The maximum Gasteiger partial charge on any atom is 0.265 e. The zero-order valence-corrected chi connectivity index (χ0v) is 9.67. The van der Waals surface area contributed by atoms with Gasteiger partial charge in [0.1, 0.15) is 0 Å². The van der Waals surface area contributed by atoms with Crippen molar-refractivity contribution >= 4 is 22.9 Å². The van der Waals surface area contributed by atoms with Gasteiger partial charge >= 0.3 is 0 Å². The van der Waals surface area contributed by atoms with Gasteiger partial charge in [-0.05, 0) is 12.1 Å². The predicted octanol–water partition coefficient (Wildman–Crippen LogP) is 1.03. The monoisotopic (exact) mass is 246 g/mol. The second kappa shape index (κ2) is 5.30. The summed E-state index contributed by atoms with van der Waals surface area (Å²) in [5.74, 6) is 5.46. The van der Waals surface area contributed by atoms with Crippen molar-refractivity contribution in [2.75, 3.05) is 11.9 Å². The number of anilines is 1. The number of carbonyl (C=O) groups is 1. The predicted molar refractivity (Wildman–Crippen MR) is 66.8 cm³/mol. The Balaban J connectivity index is 2.07. The van der Waals surface area contributed by atoms with Crippen molar-refractivity contribution in [1.82, 2.24) is 10.2 Å². The third-order valence-corrected chi connectivity index (χ3v) is 2.90. The third-order valence-electron chi connectivity index (χ3n) is 1.90. The summed E-state index contributed by atoms with van der Waals surface area (Å²) >= 11 is 1.33. The zero-order chi connectivity index (χ0) is 12.1. The summed E-state index contributed by atoms with van der Waals surface area (Å²) in [6.07, 6.45) is 3.15. The number of hydrogen-bond donors (Lipinski definition) is 3. The molecule has 5 nitrogen and oxygen atoms in total. The maximum absolute atomic E-state index is 11.8. The van der Waals surface area contributed by atoms with Gasteiger partial charge < -0.3 is 11.1 Å². The topological polar surface area (TPSA) is 83.8 Å². The number of H-pyrrole nitrogens is 1. The van der Waals surface area contributed by atoms with Crippen LogP contribution in [0.25, 0.3) is 0 Å². The number of carbonyl (C=O) groups excluding carboxylic acids is 1. The Hall–Kier alpha value is -2.10. The normalized spacial score (nSPS) is 9.47. The van der Waals surface area contributed by atoms with Gasteiger partial charge in [0.2, 0.25) is 0 Å². The van der Waals surface area contributed by atoms with Gasteiger partial charge in [-0.1, -0.05) is 11.8 Å². The number of nitrogens with two attached hydrogens (primary N) is 1. The van der Waals surface area contributed by atoms with Crippen LogP contribution in [0.4, 0.5) is 5.69 Å². The van der Waals surface area contributed by atoms with Gasteiger partial charge in [-0.25, -0.2) is 0 Å².